The van der Waals surface area contributed by atoms with E-state index in [2.05, 4.69) is 10.3 Å². The van der Waals surface area contributed by atoms with Crippen molar-refractivity contribution in [2.45, 2.75) is 26.5 Å². The first-order chi connectivity index (χ1) is 10.5. The molecule has 7 nitrogen and oxygen atoms in total. The number of amides is 1. The van der Waals surface area contributed by atoms with Crippen LogP contribution in [-0.2, 0) is 16.1 Å². The second-order valence-electron chi connectivity index (χ2n) is 4.70. The molecule has 2 aromatic rings. The van der Waals surface area contributed by atoms with Crippen LogP contribution in [0.1, 0.15) is 40.5 Å². The van der Waals surface area contributed by atoms with E-state index in [1.807, 2.05) is 0 Å². The Balaban J connectivity index is 1.86. The van der Waals surface area contributed by atoms with Crippen molar-refractivity contribution in [3.05, 3.63) is 47.7 Å². The maximum absolute atomic E-state index is 11.9. The molecule has 2 aromatic heterocycles. The highest BCUT2D eigenvalue weighted by atomic mass is 16.5. The largest absolute Gasteiger partial charge is 0.467 e. The van der Waals surface area contributed by atoms with Crippen LogP contribution in [0.25, 0.3) is 0 Å². The van der Waals surface area contributed by atoms with Gasteiger partial charge in [-0.2, -0.15) is 0 Å². The second-order valence-corrected chi connectivity index (χ2v) is 4.70. The normalized spacial score (nSPS) is 11.7. The Hall–Kier alpha value is -2.83. The van der Waals surface area contributed by atoms with Crippen molar-refractivity contribution in [1.29, 1.82) is 0 Å². The fourth-order valence-electron chi connectivity index (χ4n) is 1.72. The summed E-state index contributed by atoms with van der Waals surface area (Å²) >= 11 is 0. The smallest absolute Gasteiger partial charge is 0.355 e. The molecule has 0 aromatic carbocycles. The first-order valence-electron chi connectivity index (χ1n) is 6.68. The zero-order valence-electron chi connectivity index (χ0n) is 12.2. The predicted octanol–water partition coefficient (Wildman–Crippen LogP) is 1.67. The summed E-state index contributed by atoms with van der Waals surface area (Å²) in [5, 5.41) is 2.59. The number of esters is 1. The third-order valence-corrected chi connectivity index (χ3v) is 2.98. The van der Waals surface area contributed by atoms with Crippen molar-refractivity contribution in [3.8, 4) is 0 Å². The molecule has 22 heavy (non-hydrogen) atoms. The summed E-state index contributed by atoms with van der Waals surface area (Å²) in [5.74, 6) is -0.710. The Morgan fingerprint density at radius 1 is 1.41 bits per heavy atom. The molecule has 0 aliphatic rings. The van der Waals surface area contributed by atoms with E-state index >= 15 is 0 Å². The first kappa shape index (κ1) is 15.6. The van der Waals surface area contributed by atoms with Gasteiger partial charge in [0.1, 0.15) is 11.5 Å². The zero-order chi connectivity index (χ0) is 16.1. The minimum Gasteiger partial charge on any atom is -0.467 e. The van der Waals surface area contributed by atoms with Crippen LogP contribution >= 0.6 is 0 Å². The van der Waals surface area contributed by atoms with Crippen LogP contribution in [0.3, 0.4) is 0 Å². The standard InChI is InChI=1S/C15H16N2O5/c1-9(18)11-6-13(16-7-11)15(20)22-10(2)14(19)17-8-12-4-3-5-21-12/h3-7,10,16H,8H2,1-2H3,(H,17,19)/t10-/m1/s1. The van der Waals surface area contributed by atoms with Crippen LogP contribution in [0.2, 0.25) is 0 Å². The maximum atomic E-state index is 11.9. The van der Waals surface area contributed by atoms with Gasteiger partial charge < -0.3 is 19.5 Å². The van der Waals surface area contributed by atoms with Gasteiger partial charge in [-0.25, -0.2) is 4.79 Å². The number of Topliss-reactive ketones (excluding diaryl/α,β-unsaturated/α-hetero) is 1. The van der Waals surface area contributed by atoms with E-state index in [9.17, 15) is 14.4 Å². The van der Waals surface area contributed by atoms with E-state index in [1.54, 1.807) is 12.1 Å². The number of furan rings is 1. The molecular formula is C15H16N2O5. The van der Waals surface area contributed by atoms with Crippen molar-refractivity contribution >= 4 is 17.7 Å². The number of hydrogen-bond donors (Lipinski definition) is 2. The zero-order valence-corrected chi connectivity index (χ0v) is 12.2. The molecule has 116 valence electrons. The van der Waals surface area contributed by atoms with Gasteiger partial charge in [0.2, 0.25) is 0 Å². The molecule has 0 unspecified atom stereocenters. The monoisotopic (exact) mass is 304 g/mol. The summed E-state index contributed by atoms with van der Waals surface area (Å²) < 4.78 is 10.1. The van der Waals surface area contributed by atoms with E-state index in [1.165, 1.54) is 32.4 Å². The SMILES string of the molecule is CC(=O)c1c[nH]c(C(=O)O[C@H](C)C(=O)NCc2ccco2)c1. The molecule has 2 heterocycles. The van der Waals surface area contributed by atoms with Crippen molar-refractivity contribution in [1.82, 2.24) is 10.3 Å². The molecule has 2 N–H and O–H groups in total. The van der Waals surface area contributed by atoms with Gasteiger partial charge >= 0.3 is 5.97 Å². The van der Waals surface area contributed by atoms with Crippen molar-refractivity contribution in [3.63, 3.8) is 0 Å². The van der Waals surface area contributed by atoms with E-state index in [0.29, 0.717) is 11.3 Å². The summed E-state index contributed by atoms with van der Waals surface area (Å²) in [6.45, 7) is 3.07. The average molecular weight is 304 g/mol. The Labute approximate surface area is 126 Å². The molecule has 1 amide bonds. The highest BCUT2D eigenvalue weighted by Gasteiger charge is 2.20. The highest BCUT2D eigenvalue weighted by Crippen LogP contribution is 2.07. The minimum absolute atomic E-state index is 0.121. The number of rotatable bonds is 6. The number of hydrogen-bond acceptors (Lipinski definition) is 5. The first-order valence-corrected chi connectivity index (χ1v) is 6.68. The fraction of sp³-hybridized carbons (Fsp3) is 0.267. The Kier molecular flexibility index (Phi) is 4.77. The van der Waals surface area contributed by atoms with Crippen molar-refractivity contribution < 1.29 is 23.5 Å². The van der Waals surface area contributed by atoms with Crippen molar-refractivity contribution in [2.24, 2.45) is 0 Å². The third-order valence-electron chi connectivity index (χ3n) is 2.98. The number of carbonyl (C=O) groups is 3. The third kappa shape index (κ3) is 3.85. The van der Waals surface area contributed by atoms with Gasteiger partial charge in [-0.3, -0.25) is 9.59 Å². The lowest BCUT2D eigenvalue weighted by atomic mass is 10.2. The number of carbonyl (C=O) groups excluding carboxylic acids is 3. The van der Waals surface area contributed by atoms with Crippen LogP contribution in [0.5, 0.6) is 0 Å². The molecule has 0 bridgehead atoms. The fourth-order valence-corrected chi connectivity index (χ4v) is 1.72. The summed E-state index contributed by atoms with van der Waals surface area (Å²) in [5.41, 5.74) is 0.498. The number of ether oxygens (including phenoxy) is 1. The molecule has 0 saturated carbocycles. The second kappa shape index (κ2) is 6.75. The van der Waals surface area contributed by atoms with E-state index < -0.39 is 18.0 Å². The van der Waals surface area contributed by atoms with Gasteiger partial charge in [-0.15, -0.1) is 0 Å². The summed E-state index contributed by atoms with van der Waals surface area (Å²) in [7, 11) is 0. The van der Waals surface area contributed by atoms with E-state index in [-0.39, 0.29) is 18.0 Å². The van der Waals surface area contributed by atoms with E-state index in [4.69, 9.17) is 9.15 Å². The lowest BCUT2D eigenvalue weighted by Gasteiger charge is -2.12. The molecule has 0 fully saturated rings. The number of aromatic nitrogens is 1. The van der Waals surface area contributed by atoms with Crippen molar-refractivity contribution in [2.75, 3.05) is 0 Å². The molecule has 0 aliphatic heterocycles. The van der Waals surface area contributed by atoms with Gasteiger partial charge in [-0.05, 0) is 32.0 Å². The van der Waals surface area contributed by atoms with Crippen LogP contribution in [0.4, 0.5) is 0 Å². The summed E-state index contributed by atoms with van der Waals surface area (Å²) in [6.07, 6.45) is 1.95. The lowest BCUT2D eigenvalue weighted by Crippen LogP contribution is -2.35. The molecule has 1 atom stereocenters. The van der Waals surface area contributed by atoms with Gasteiger partial charge in [0.15, 0.2) is 11.9 Å². The van der Waals surface area contributed by atoms with Gasteiger partial charge in [-0.1, -0.05) is 0 Å². The summed E-state index contributed by atoms with van der Waals surface area (Å²) in [4.78, 5) is 37.5. The predicted molar refractivity (Wildman–Crippen MR) is 76.2 cm³/mol. The molecule has 0 radical (unpaired) electrons. The number of aromatic amines is 1. The molecule has 0 aliphatic carbocycles. The molecule has 0 spiro atoms. The lowest BCUT2D eigenvalue weighted by molar-refractivity contribution is -0.129. The molecule has 0 saturated heterocycles. The van der Waals surface area contributed by atoms with Crippen LogP contribution in [0.15, 0.2) is 35.1 Å². The Morgan fingerprint density at radius 3 is 2.77 bits per heavy atom. The van der Waals surface area contributed by atoms with Gasteiger partial charge in [0, 0.05) is 11.8 Å². The maximum Gasteiger partial charge on any atom is 0.355 e. The Morgan fingerprint density at radius 2 is 2.18 bits per heavy atom. The van der Waals surface area contributed by atoms with Gasteiger partial charge in [0.05, 0.1) is 12.8 Å². The number of H-pyrrole nitrogens is 1. The molecule has 2 rings (SSSR count). The quantitative estimate of drug-likeness (QED) is 0.624. The average Bonchev–Trinajstić information content (AvgIpc) is 3.15. The number of nitrogens with one attached hydrogen (secondary N) is 2. The van der Waals surface area contributed by atoms with Gasteiger partial charge in [0.25, 0.3) is 5.91 Å². The van der Waals surface area contributed by atoms with Crippen LogP contribution in [0, 0.1) is 0 Å². The highest BCUT2D eigenvalue weighted by molar-refractivity contribution is 5.98. The Bertz CT molecular complexity index is 672. The number of ketones is 1. The van der Waals surface area contributed by atoms with E-state index in [0.717, 1.165) is 0 Å². The van der Waals surface area contributed by atoms with Crippen LogP contribution in [-0.4, -0.2) is 28.7 Å². The summed E-state index contributed by atoms with van der Waals surface area (Å²) in [6, 6.07) is 4.82. The molecule has 7 heteroatoms. The molecular weight excluding hydrogens is 288 g/mol. The topological polar surface area (TPSA) is 101 Å². The minimum atomic E-state index is -0.966. The van der Waals surface area contributed by atoms with Crippen LogP contribution < -0.4 is 5.32 Å².